The van der Waals surface area contributed by atoms with E-state index in [0.717, 1.165) is 49.6 Å². The van der Waals surface area contributed by atoms with E-state index >= 15 is 0 Å². The van der Waals surface area contributed by atoms with Crippen LogP contribution >= 0.6 is 0 Å². The van der Waals surface area contributed by atoms with Gasteiger partial charge in [0, 0.05) is 27.3 Å². The first-order valence-corrected chi connectivity index (χ1v) is 5.68. The van der Waals surface area contributed by atoms with Gasteiger partial charge in [0.15, 0.2) is 0 Å². The van der Waals surface area contributed by atoms with Crippen molar-refractivity contribution in [1.82, 2.24) is 9.78 Å². The Bertz CT molecular complexity index is 322. The van der Waals surface area contributed by atoms with Gasteiger partial charge in [-0.3, -0.25) is 4.68 Å². The molecule has 0 bridgehead atoms. The Morgan fingerprint density at radius 2 is 2.12 bits per heavy atom. The number of anilines is 2. The van der Waals surface area contributed by atoms with Crippen molar-refractivity contribution < 1.29 is 4.74 Å². The van der Waals surface area contributed by atoms with Gasteiger partial charge in [-0.05, 0) is 26.2 Å². The fraction of sp³-hybridized carbons (Fsp3) is 0.727. The smallest absolute Gasteiger partial charge is 0.147 e. The molecule has 0 saturated heterocycles. The van der Waals surface area contributed by atoms with Crippen LogP contribution in [0.2, 0.25) is 0 Å². The summed E-state index contributed by atoms with van der Waals surface area (Å²) < 4.78 is 6.79. The van der Waals surface area contributed by atoms with Crippen LogP contribution in [0.4, 0.5) is 11.5 Å². The Kier molecular flexibility index (Phi) is 5.11. The zero-order chi connectivity index (χ0) is 12.0. The maximum atomic E-state index is 5.90. The summed E-state index contributed by atoms with van der Waals surface area (Å²) in [4.78, 5) is 0. The molecule has 3 N–H and O–H groups in total. The molecule has 5 nitrogen and oxygen atoms in total. The quantitative estimate of drug-likeness (QED) is 0.692. The van der Waals surface area contributed by atoms with E-state index in [0.29, 0.717) is 0 Å². The van der Waals surface area contributed by atoms with Crippen LogP contribution in [0.15, 0.2) is 0 Å². The van der Waals surface area contributed by atoms with Crippen molar-refractivity contribution in [2.45, 2.75) is 26.2 Å². The Hall–Kier alpha value is -1.23. The summed E-state index contributed by atoms with van der Waals surface area (Å²) in [5.41, 5.74) is 7.53. The van der Waals surface area contributed by atoms with Crippen LogP contribution < -0.4 is 11.1 Å². The molecule has 0 fully saturated rings. The molecule has 16 heavy (non-hydrogen) atoms. The first-order valence-electron chi connectivity index (χ1n) is 5.68. The number of nitrogens with one attached hydrogen (secondary N) is 1. The number of hydrogen-bond acceptors (Lipinski definition) is 4. The van der Waals surface area contributed by atoms with Crippen molar-refractivity contribution in [2.75, 3.05) is 31.3 Å². The van der Waals surface area contributed by atoms with Crippen LogP contribution in [-0.2, 0) is 11.8 Å². The van der Waals surface area contributed by atoms with E-state index in [-0.39, 0.29) is 0 Å². The molecule has 1 heterocycles. The highest BCUT2D eigenvalue weighted by atomic mass is 16.5. The molecule has 1 rings (SSSR count). The predicted molar refractivity (Wildman–Crippen MR) is 66.6 cm³/mol. The lowest BCUT2D eigenvalue weighted by molar-refractivity contribution is 0.192. The average molecular weight is 226 g/mol. The van der Waals surface area contributed by atoms with E-state index in [2.05, 4.69) is 10.4 Å². The molecule has 5 heteroatoms. The Balaban J connectivity index is 2.26. The first-order chi connectivity index (χ1) is 7.66. The molecule has 0 amide bonds. The van der Waals surface area contributed by atoms with E-state index in [1.54, 1.807) is 11.8 Å². The number of aromatic nitrogens is 2. The van der Waals surface area contributed by atoms with Gasteiger partial charge in [-0.15, -0.1) is 0 Å². The Labute approximate surface area is 97.0 Å². The normalized spacial score (nSPS) is 10.7. The van der Waals surface area contributed by atoms with E-state index in [1.165, 1.54) is 0 Å². The third-order valence-electron chi connectivity index (χ3n) is 2.59. The summed E-state index contributed by atoms with van der Waals surface area (Å²) in [6.07, 6.45) is 3.39. The number of aryl methyl sites for hydroxylation is 2. The number of unbranched alkanes of at least 4 members (excludes halogenated alkanes) is 2. The second kappa shape index (κ2) is 6.37. The first kappa shape index (κ1) is 12.8. The van der Waals surface area contributed by atoms with Crippen LogP contribution in [0, 0.1) is 6.92 Å². The van der Waals surface area contributed by atoms with Crippen molar-refractivity contribution >= 4 is 11.5 Å². The van der Waals surface area contributed by atoms with Crippen molar-refractivity contribution in [3.63, 3.8) is 0 Å². The molecule has 0 radical (unpaired) electrons. The van der Waals surface area contributed by atoms with Crippen LogP contribution in [0.3, 0.4) is 0 Å². The number of nitrogens with zero attached hydrogens (tertiary/aromatic N) is 2. The lowest BCUT2D eigenvalue weighted by Gasteiger charge is -2.07. The van der Waals surface area contributed by atoms with E-state index in [9.17, 15) is 0 Å². The summed E-state index contributed by atoms with van der Waals surface area (Å²) >= 11 is 0. The van der Waals surface area contributed by atoms with Gasteiger partial charge in [0.1, 0.15) is 5.82 Å². The van der Waals surface area contributed by atoms with Gasteiger partial charge in [0.05, 0.1) is 11.4 Å². The molecule has 0 aliphatic carbocycles. The number of ether oxygens (including phenoxy) is 1. The number of hydrogen-bond donors (Lipinski definition) is 2. The molecular formula is C11H22N4O. The van der Waals surface area contributed by atoms with Crippen LogP contribution in [-0.4, -0.2) is 30.0 Å². The van der Waals surface area contributed by atoms with Gasteiger partial charge in [-0.1, -0.05) is 0 Å². The molecule has 1 aromatic heterocycles. The van der Waals surface area contributed by atoms with Crippen molar-refractivity contribution in [2.24, 2.45) is 7.05 Å². The standard InChI is InChI=1S/C11H22N4O/c1-9-10(12)11(15(2)14-9)13-7-5-4-6-8-16-3/h13H,4-8,12H2,1-3H3. The van der Waals surface area contributed by atoms with Crippen molar-refractivity contribution in [3.05, 3.63) is 5.69 Å². The second-order valence-corrected chi connectivity index (χ2v) is 3.95. The van der Waals surface area contributed by atoms with Crippen LogP contribution in [0.25, 0.3) is 0 Å². The number of rotatable bonds is 7. The largest absolute Gasteiger partial charge is 0.394 e. The molecule has 0 aliphatic heterocycles. The number of methoxy groups -OCH3 is 1. The third kappa shape index (κ3) is 3.41. The van der Waals surface area contributed by atoms with Gasteiger partial charge in [-0.2, -0.15) is 5.10 Å². The van der Waals surface area contributed by atoms with E-state index in [1.807, 2.05) is 14.0 Å². The summed E-state index contributed by atoms with van der Waals surface area (Å²) in [5.74, 6) is 0.921. The summed E-state index contributed by atoms with van der Waals surface area (Å²) in [5, 5.41) is 7.56. The molecular weight excluding hydrogens is 204 g/mol. The highest BCUT2D eigenvalue weighted by molar-refractivity contribution is 5.64. The SMILES string of the molecule is COCCCCCNc1c(N)c(C)nn1C. The molecule has 0 aliphatic rings. The predicted octanol–water partition coefficient (Wildman–Crippen LogP) is 1.54. The molecule has 0 unspecified atom stereocenters. The number of nitrogen functional groups attached to an aromatic ring is 1. The highest BCUT2D eigenvalue weighted by Gasteiger charge is 2.08. The summed E-state index contributed by atoms with van der Waals surface area (Å²) in [6, 6.07) is 0. The Morgan fingerprint density at radius 3 is 2.69 bits per heavy atom. The maximum absolute atomic E-state index is 5.90. The average Bonchev–Trinajstić information content (AvgIpc) is 2.49. The highest BCUT2D eigenvalue weighted by Crippen LogP contribution is 2.20. The molecule has 0 spiro atoms. The molecule has 0 aromatic carbocycles. The maximum Gasteiger partial charge on any atom is 0.147 e. The fourth-order valence-corrected chi connectivity index (χ4v) is 1.64. The molecule has 0 atom stereocenters. The van der Waals surface area contributed by atoms with Gasteiger partial charge in [0.2, 0.25) is 0 Å². The van der Waals surface area contributed by atoms with Crippen LogP contribution in [0.5, 0.6) is 0 Å². The Morgan fingerprint density at radius 1 is 1.38 bits per heavy atom. The summed E-state index contributed by atoms with van der Waals surface area (Å²) in [7, 11) is 3.63. The minimum absolute atomic E-state index is 0.749. The van der Waals surface area contributed by atoms with Gasteiger partial charge in [-0.25, -0.2) is 0 Å². The molecule has 1 aromatic rings. The molecule has 92 valence electrons. The van der Waals surface area contributed by atoms with Crippen LogP contribution in [0.1, 0.15) is 25.0 Å². The topological polar surface area (TPSA) is 65.1 Å². The monoisotopic (exact) mass is 226 g/mol. The zero-order valence-corrected chi connectivity index (χ0v) is 10.4. The van der Waals surface area contributed by atoms with E-state index in [4.69, 9.17) is 10.5 Å². The fourth-order valence-electron chi connectivity index (χ4n) is 1.64. The summed E-state index contributed by atoms with van der Waals surface area (Å²) in [6.45, 7) is 3.68. The van der Waals surface area contributed by atoms with Crippen molar-refractivity contribution in [1.29, 1.82) is 0 Å². The minimum Gasteiger partial charge on any atom is -0.394 e. The molecule has 0 saturated carbocycles. The second-order valence-electron chi connectivity index (χ2n) is 3.95. The lowest BCUT2D eigenvalue weighted by atomic mass is 10.2. The minimum atomic E-state index is 0.749. The van der Waals surface area contributed by atoms with Gasteiger partial charge in [0.25, 0.3) is 0 Å². The lowest BCUT2D eigenvalue weighted by Crippen LogP contribution is -2.08. The third-order valence-corrected chi connectivity index (χ3v) is 2.59. The van der Waals surface area contributed by atoms with E-state index < -0.39 is 0 Å². The zero-order valence-electron chi connectivity index (χ0n) is 10.4. The van der Waals surface area contributed by atoms with Gasteiger partial charge < -0.3 is 15.8 Å². The van der Waals surface area contributed by atoms with Crippen molar-refractivity contribution in [3.8, 4) is 0 Å². The van der Waals surface area contributed by atoms with Gasteiger partial charge >= 0.3 is 0 Å². The number of nitrogens with two attached hydrogens (primary N) is 1.